The molecule has 1 fully saturated rings. The lowest BCUT2D eigenvalue weighted by atomic mass is 9.98. The Morgan fingerprint density at radius 1 is 0.969 bits per heavy atom. The summed E-state index contributed by atoms with van der Waals surface area (Å²) in [5.74, 6) is 0. The summed E-state index contributed by atoms with van der Waals surface area (Å²) >= 11 is 11.8. The molecule has 176 valence electrons. The number of sulfonamides is 2. The Morgan fingerprint density at radius 2 is 1.66 bits per heavy atom. The standard InChI is InChI=1S/C20H24Cl2N2O6S2/c21-14-5-8-16(9-6-14)31(26,27)23-12-11-15-7-10-18(19(13-25)30-15)24-32(28,29)20-4-2-1-3-17(20)22/h1-6,8-9,15,18-19,23-25H,7,10-13H2/t15-,18+,19+/m0/s1. The highest BCUT2D eigenvalue weighted by molar-refractivity contribution is 7.89. The van der Waals surface area contributed by atoms with Crippen molar-refractivity contribution >= 4 is 43.2 Å². The van der Waals surface area contributed by atoms with Gasteiger partial charge in [-0.05, 0) is 55.7 Å². The van der Waals surface area contributed by atoms with Crippen molar-refractivity contribution in [2.45, 2.75) is 47.3 Å². The van der Waals surface area contributed by atoms with Crippen LogP contribution in [0.2, 0.25) is 10.0 Å². The minimum absolute atomic E-state index is 0.0444. The first-order chi connectivity index (χ1) is 15.1. The molecule has 8 nitrogen and oxygen atoms in total. The van der Waals surface area contributed by atoms with Gasteiger partial charge < -0.3 is 9.84 Å². The van der Waals surface area contributed by atoms with Crippen LogP contribution in [0.3, 0.4) is 0 Å². The van der Waals surface area contributed by atoms with E-state index in [0.717, 1.165) is 0 Å². The Bertz CT molecular complexity index is 1130. The molecule has 1 aliphatic rings. The summed E-state index contributed by atoms with van der Waals surface area (Å²) in [6.45, 7) is -0.257. The fourth-order valence-electron chi connectivity index (χ4n) is 3.46. The van der Waals surface area contributed by atoms with Crippen LogP contribution in [0.25, 0.3) is 0 Å². The number of hydrogen-bond acceptors (Lipinski definition) is 6. The molecule has 3 rings (SSSR count). The molecule has 1 heterocycles. The number of hydrogen-bond donors (Lipinski definition) is 3. The fraction of sp³-hybridized carbons (Fsp3) is 0.400. The SMILES string of the molecule is O=S(=O)(NCC[C@@H]1CC[C@@H](NS(=O)(=O)c2ccccc2Cl)[C@@H](CO)O1)c1ccc(Cl)cc1. The molecule has 0 spiro atoms. The van der Waals surface area contributed by atoms with Crippen molar-refractivity contribution in [1.82, 2.24) is 9.44 Å². The van der Waals surface area contributed by atoms with Crippen LogP contribution >= 0.6 is 23.2 Å². The molecule has 0 amide bonds. The number of benzene rings is 2. The topological polar surface area (TPSA) is 122 Å². The number of aliphatic hydroxyl groups is 1. The van der Waals surface area contributed by atoms with Gasteiger partial charge in [0.2, 0.25) is 20.0 Å². The summed E-state index contributed by atoms with van der Waals surface area (Å²) in [5.41, 5.74) is 0. The highest BCUT2D eigenvalue weighted by Gasteiger charge is 2.34. The average Bonchev–Trinajstić information content (AvgIpc) is 2.75. The van der Waals surface area contributed by atoms with E-state index in [1.807, 2.05) is 0 Å². The maximum Gasteiger partial charge on any atom is 0.242 e. The zero-order valence-electron chi connectivity index (χ0n) is 16.9. The van der Waals surface area contributed by atoms with E-state index in [0.29, 0.717) is 24.3 Å². The summed E-state index contributed by atoms with van der Waals surface area (Å²) < 4.78 is 61.0. The first-order valence-corrected chi connectivity index (χ1v) is 13.6. The zero-order valence-corrected chi connectivity index (χ0v) is 20.1. The highest BCUT2D eigenvalue weighted by Crippen LogP contribution is 2.26. The van der Waals surface area contributed by atoms with Gasteiger partial charge in [-0.15, -0.1) is 0 Å². The van der Waals surface area contributed by atoms with Crippen molar-refractivity contribution in [3.05, 3.63) is 58.6 Å². The molecule has 32 heavy (non-hydrogen) atoms. The molecule has 0 unspecified atom stereocenters. The second kappa shape index (κ2) is 10.8. The van der Waals surface area contributed by atoms with Crippen molar-refractivity contribution in [2.24, 2.45) is 0 Å². The smallest absolute Gasteiger partial charge is 0.242 e. The van der Waals surface area contributed by atoms with Gasteiger partial charge in [0.25, 0.3) is 0 Å². The third-order valence-corrected chi connectivity index (χ3v) is 8.83. The van der Waals surface area contributed by atoms with Gasteiger partial charge in [-0.3, -0.25) is 0 Å². The summed E-state index contributed by atoms with van der Waals surface area (Å²) in [5, 5.41) is 10.3. The second-order valence-electron chi connectivity index (χ2n) is 7.36. The Kier molecular flexibility index (Phi) is 8.56. The van der Waals surface area contributed by atoms with Crippen LogP contribution in [0, 0.1) is 0 Å². The van der Waals surface area contributed by atoms with Gasteiger partial charge in [-0.1, -0.05) is 35.3 Å². The van der Waals surface area contributed by atoms with Gasteiger partial charge in [-0.25, -0.2) is 26.3 Å². The fourth-order valence-corrected chi connectivity index (χ4v) is 6.45. The van der Waals surface area contributed by atoms with E-state index in [2.05, 4.69) is 9.44 Å². The molecule has 0 bridgehead atoms. The molecule has 0 aromatic heterocycles. The molecular formula is C20H24Cl2N2O6S2. The van der Waals surface area contributed by atoms with Crippen molar-refractivity contribution in [3.8, 4) is 0 Å². The van der Waals surface area contributed by atoms with Crippen molar-refractivity contribution in [2.75, 3.05) is 13.2 Å². The van der Waals surface area contributed by atoms with Gasteiger partial charge in [0.05, 0.1) is 34.8 Å². The molecule has 1 aliphatic heterocycles. The molecule has 3 atom stereocenters. The number of rotatable bonds is 9. The number of halogens is 2. The summed E-state index contributed by atoms with van der Waals surface area (Å²) in [6, 6.07) is 11.3. The maximum absolute atomic E-state index is 12.7. The first-order valence-electron chi connectivity index (χ1n) is 9.91. The molecule has 0 saturated carbocycles. The van der Waals surface area contributed by atoms with Crippen molar-refractivity contribution in [1.29, 1.82) is 0 Å². The Hall–Kier alpha value is -1.24. The molecule has 0 aliphatic carbocycles. The zero-order chi connectivity index (χ0) is 23.4. The average molecular weight is 523 g/mol. The molecule has 0 radical (unpaired) electrons. The predicted molar refractivity (Wildman–Crippen MR) is 122 cm³/mol. The monoisotopic (exact) mass is 522 g/mol. The molecule has 12 heteroatoms. The number of aliphatic hydroxyl groups excluding tert-OH is 1. The third kappa shape index (κ3) is 6.42. The van der Waals surface area contributed by atoms with Crippen LogP contribution in [0.15, 0.2) is 58.3 Å². The van der Waals surface area contributed by atoms with Gasteiger partial charge in [0, 0.05) is 11.6 Å². The third-order valence-electron chi connectivity index (χ3n) is 5.11. The van der Waals surface area contributed by atoms with Crippen LogP contribution in [0.1, 0.15) is 19.3 Å². The van der Waals surface area contributed by atoms with Crippen LogP contribution in [0.4, 0.5) is 0 Å². The van der Waals surface area contributed by atoms with E-state index in [9.17, 15) is 21.9 Å². The van der Waals surface area contributed by atoms with Crippen LogP contribution in [-0.4, -0.2) is 53.3 Å². The predicted octanol–water partition coefficient (Wildman–Crippen LogP) is 2.55. The Labute approximate surface area is 198 Å². The largest absolute Gasteiger partial charge is 0.394 e. The van der Waals surface area contributed by atoms with Crippen LogP contribution in [0.5, 0.6) is 0 Å². The summed E-state index contributed by atoms with van der Waals surface area (Å²) in [7, 11) is -7.58. The quantitative estimate of drug-likeness (QED) is 0.465. The molecule has 2 aromatic rings. The number of ether oxygens (including phenoxy) is 1. The van der Waals surface area contributed by atoms with E-state index in [-0.39, 0.29) is 34.1 Å². The molecule has 1 saturated heterocycles. The molecule has 3 N–H and O–H groups in total. The van der Waals surface area contributed by atoms with E-state index in [4.69, 9.17) is 27.9 Å². The lowest BCUT2D eigenvalue weighted by Gasteiger charge is -2.36. The van der Waals surface area contributed by atoms with Crippen molar-refractivity contribution < 1.29 is 26.7 Å². The summed E-state index contributed by atoms with van der Waals surface area (Å²) in [4.78, 5) is 0.0610. The van der Waals surface area contributed by atoms with Gasteiger partial charge in [-0.2, -0.15) is 0 Å². The van der Waals surface area contributed by atoms with Crippen molar-refractivity contribution in [3.63, 3.8) is 0 Å². The Balaban J connectivity index is 1.55. The maximum atomic E-state index is 12.7. The highest BCUT2D eigenvalue weighted by atomic mass is 35.5. The van der Waals surface area contributed by atoms with Gasteiger partial charge >= 0.3 is 0 Å². The minimum Gasteiger partial charge on any atom is -0.394 e. The van der Waals surface area contributed by atoms with E-state index in [1.54, 1.807) is 12.1 Å². The number of nitrogens with one attached hydrogen (secondary N) is 2. The molecule has 2 aromatic carbocycles. The van der Waals surface area contributed by atoms with Crippen LogP contribution < -0.4 is 9.44 Å². The van der Waals surface area contributed by atoms with E-state index >= 15 is 0 Å². The normalized spacial score (nSPS) is 22.0. The minimum atomic E-state index is -3.90. The summed E-state index contributed by atoms with van der Waals surface area (Å²) in [6.07, 6.45) is 0.186. The first kappa shape index (κ1) is 25.4. The van der Waals surface area contributed by atoms with Gasteiger partial charge in [0.15, 0.2) is 0 Å². The van der Waals surface area contributed by atoms with E-state index in [1.165, 1.54) is 36.4 Å². The van der Waals surface area contributed by atoms with Crippen LogP contribution in [-0.2, 0) is 24.8 Å². The lowest BCUT2D eigenvalue weighted by molar-refractivity contribution is -0.0869. The molecular weight excluding hydrogens is 499 g/mol. The van der Waals surface area contributed by atoms with Gasteiger partial charge in [0.1, 0.15) is 4.90 Å². The second-order valence-corrected chi connectivity index (χ2v) is 11.6. The Morgan fingerprint density at radius 3 is 2.31 bits per heavy atom. The van der Waals surface area contributed by atoms with E-state index < -0.39 is 32.2 Å². The lowest BCUT2D eigenvalue weighted by Crippen LogP contribution is -2.51.